The van der Waals surface area contributed by atoms with Crippen molar-refractivity contribution in [3.63, 3.8) is 0 Å². The lowest BCUT2D eigenvalue weighted by Gasteiger charge is -2.28. The van der Waals surface area contributed by atoms with Crippen LogP contribution < -0.4 is 10.6 Å². The molecule has 1 rings (SSSR count). The van der Waals surface area contributed by atoms with Crippen molar-refractivity contribution >= 4 is 18.0 Å². The second-order valence-electron chi connectivity index (χ2n) is 8.19. The van der Waals surface area contributed by atoms with Gasteiger partial charge in [-0.1, -0.05) is 44.2 Å². The quantitative estimate of drug-likeness (QED) is 0.568. The highest BCUT2D eigenvalue weighted by atomic mass is 16.6. The molecule has 3 unspecified atom stereocenters. The molecular formula is C21H32N2O6. The van der Waals surface area contributed by atoms with E-state index in [9.17, 15) is 19.5 Å². The van der Waals surface area contributed by atoms with Gasteiger partial charge in [-0.3, -0.25) is 4.79 Å². The molecule has 2 amide bonds. The Labute approximate surface area is 172 Å². The van der Waals surface area contributed by atoms with Gasteiger partial charge in [0.1, 0.15) is 24.3 Å². The van der Waals surface area contributed by atoms with E-state index in [1.165, 1.54) is 6.92 Å². The second kappa shape index (κ2) is 10.8. The molecule has 0 aliphatic carbocycles. The van der Waals surface area contributed by atoms with Crippen LogP contribution in [0.25, 0.3) is 0 Å². The van der Waals surface area contributed by atoms with Crippen molar-refractivity contribution in [1.29, 1.82) is 0 Å². The number of hydrogen-bond acceptors (Lipinski definition) is 6. The first-order chi connectivity index (χ1) is 13.4. The summed E-state index contributed by atoms with van der Waals surface area (Å²) in [6.45, 7) is 10.1. The smallest absolute Gasteiger partial charge is 0.408 e. The highest BCUT2D eigenvalue weighted by Gasteiger charge is 2.33. The summed E-state index contributed by atoms with van der Waals surface area (Å²) in [5.74, 6) is -1.55. The minimum absolute atomic E-state index is 0.0212. The predicted molar refractivity (Wildman–Crippen MR) is 108 cm³/mol. The summed E-state index contributed by atoms with van der Waals surface area (Å²) in [4.78, 5) is 37.1. The van der Waals surface area contributed by atoms with E-state index >= 15 is 0 Å². The molecule has 3 atom stereocenters. The summed E-state index contributed by atoms with van der Waals surface area (Å²) in [5.41, 5.74) is 0.0727. The van der Waals surface area contributed by atoms with Crippen molar-refractivity contribution in [2.75, 3.05) is 0 Å². The van der Waals surface area contributed by atoms with Crippen LogP contribution in [0.15, 0.2) is 30.3 Å². The molecule has 0 saturated heterocycles. The van der Waals surface area contributed by atoms with Gasteiger partial charge in [0.25, 0.3) is 0 Å². The first-order valence-electron chi connectivity index (χ1n) is 9.59. The van der Waals surface area contributed by atoms with E-state index in [0.717, 1.165) is 5.56 Å². The van der Waals surface area contributed by atoms with Crippen molar-refractivity contribution in [1.82, 2.24) is 10.6 Å². The molecule has 0 radical (unpaired) electrons. The van der Waals surface area contributed by atoms with Crippen LogP contribution in [-0.4, -0.2) is 46.9 Å². The largest absolute Gasteiger partial charge is 0.458 e. The van der Waals surface area contributed by atoms with Crippen LogP contribution in [0.3, 0.4) is 0 Å². The summed E-state index contributed by atoms with van der Waals surface area (Å²) in [5, 5.41) is 14.8. The number of aliphatic hydroxyl groups is 1. The second-order valence-corrected chi connectivity index (χ2v) is 8.19. The lowest BCUT2D eigenvalue weighted by molar-refractivity contribution is -0.160. The van der Waals surface area contributed by atoms with E-state index in [1.807, 2.05) is 18.2 Å². The molecule has 0 saturated carbocycles. The van der Waals surface area contributed by atoms with Crippen LogP contribution in [0.5, 0.6) is 0 Å². The number of alkyl carbamates (subject to hydrolysis) is 1. The average molecular weight is 408 g/mol. The number of nitrogens with one attached hydrogen (secondary N) is 2. The van der Waals surface area contributed by atoms with E-state index in [-0.39, 0.29) is 12.5 Å². The van der Waals surface area contributed by atoms with E-state index in [0.29, 0.717) is 0 Å². The van der Waals surface area contributed by atoms with Crippen LogP contribution >= 0.6 is 0 Å². The lowest BCUT2D eigenvalue weighted by Crippen LogP contribution is -2.57. The van der Waals surface area contributed by atoms with Gasteiger partial charge in [0, 0.05) is 0 Å². The monoisotopic (exact) mass is 408 g/mol. The Bertz CT molecular complexity index is 682. The third kappa shape index (κ3) is 8.95. The molecule has 162 valence electrons. The fraction of sp³-hybridized carbons (Fsp3) is 0.571. The third-order valence-corrected chi connectivity index (χ3v) is 3.88. The fourth-order valence-corrected chi connectivity index (χ4v) is 2.40. The van der Waals surface area contributed by atoms with Gasteiger partial charge in [-0.2, -0.15) is 0 Å². The zero-order chi connectivity index (χ0) is 22.2. The summed E-state index contributed by atoms with van der Waals surface area (Å²) < 4.78 is 10.4. The van der Waals surface area contributed by atoms with Crippen molar-refractivity contribution in [3.8, 4) is 0 Å². The van der Waals surface area contributed by atoms with Crippen LogP contribution in [0, 0.1) is 5.92 Å². The van der Waals surface area contributed by atoms with Gasteiger partial charge in [0.15, 0.2) is 0 Å². The summed E-state index contributed by atoms with van der Waals surface area (Å²) >= 11 is 0. The highest BCUT2D eigenvalue weighted by Crippen LogP contribution is 2.13. The van der Waals surface area contributed by atoms with E-state index in [2.05, 4.69) is 10.6 Å². The minimum Gasteiger partial charge on any atom is -0.458 e. The summed E-state index contributed by atoms with van der Waals surface area (Å²) in [6.07, 6.45) is -2.06. The van der Waals surface area contributed by atoms with Gasteiger partial charge in [0.05, 0.1) is 6.10 Å². The molecule has 8 nitrogen and oxygen atoms in total. The molecule has 1 aromatic rings. The van der Waals surface area contributed by atoms with Gasteiger partial charge >= 0.3 is 12.1 Å². The van der Waals surface area contributed by atoms with Crippen LogP contribution in [0.1, 0.15) is 47.1 Å². The molecule has 0 aliphatic heterocycles. The molecule has 0 spiro atoms. The number of benzene rings is 1. The van der Waals surface area contributed by atoms with Gasteiger partial charge in [-0.15, -0.1) is 0 Å². The Balaban J connectivity index is 2.74. The molecule has 0 aliphatic rings. The number of carbonyl (C=O) groups excluding carboxylic acids is 3. The Kier molecular flexibility index (Phi) is 9.10. The van der Waals surface area contributed by atoms with E-state index in [1.54, 1.807) is 46.8 Å². The third-order valence-electron chi connectivity index (χ3n) is 3.88. The van der Waals surface area contributed by atoms with Crippen molar-refractivity contribution in [2.24, 2.45) is 5.92 Å². The first-order valence-corrected chi connectivity index (χ1v) is 9.59. The minimum atomic E-state index is -1.29. The number of ether oxygens (including phenoxy) is 2. The number of hydrogen-bond donors (Lipinski definition) is 3. The van der Waals surface area contributed by atoms with Gasteiger partial charge in [0.2, 0.25) is 5.91 Å². The Morgan fingerprint density at radius 3 is 2.07 bits per heavy atom. The Morgan fingerprint density at radius 1 is 1.00 bits per heavy atom. The molecule has 0 aromatic heterocycles. The molecular weight excluding hydrogens is 376 g/mol. The zero-order valence-corrected chi connectivity index (χ0v) is 17.9. The SMILES string of the molecule is CC(C)C(NC(=O)C(NC(=O)OCc1ccccc1)C(C)O)C(=O)OC(C)(C)C. The van der Waals surface area contributed by atoms with Crippen LogP contribution in [0.4, 0.5) is 4.79 Å². The number of amides is 2. The van der Waals surface area contributed by atoms with Crippen LogP contribution in [-0.2, 0) is 25.7 Å². The molecule has 0 bridgehead atoms. The molecule has 3 N–H and O–H groups in total. The van der Waals surface area contributed by atoms with Gasteiger partial charge < -0.3 is 25.2 Å². The topological polar surface area (TPSA) is 114 Å². The maximum Gasteiger partial charge on any atom is 0.408 e. The Hall–Kier alpha value is -2.61. The normalized spacial score (nSPS) is 14.5. The van der Waals surface area contributed by atoms with E-state index < -0.39 is 41.8 Å². The number of rotatable bonds is 8. The van der Waals surface area contributed by atoms with Crippen molar-refractivity contribution < 1.29 is 29.0 Å². The fourth-order valence-electron chi connectivity index (χ4n) is 2.40. The van der Waals surface area contributed by atoms with Gasteiger partial charge in [-0.25, -0.2) is 9.59 Å². The standard InChI is InChI=1S/C21H32N2O6/c1-13(2)16(19(26)29-21(4,5)6)22-18(25)17(14(3)24)23-20(27)28-12-15-10-8-7-9-11-15/h7-11,13-14,16-17,24H,12H2,1-6H3,(H,22,25)(H,23,27). The highest BCUT2D eigenvalue weighted by molar-refractivity contribution is 5.90. The predicted octanol–water partition coefficient (Wildman–Crippen LogP) is 2.14. The van der Waals surface area contributed by atoms with Crippen molar-refractivity contribution in [3.05, 3.63) is 35.9 Å². The average Bonchev–Trinajstić information content (AvgIpc) is 2.61. The van der Waals surface area contributed by atoms with Crippen LogP contribution in [0.2, 0.25) is 0 Å². The number of esters is 1. The van der Waals surface area contributed by atoms with Gasteiger partial charge in [-0.05, 0) is 39.2 Å². The number of carbonyl (C=O) groups is 3. The first kappa shape index (κ1) is 24.4. The maximum atomic E-state index is 12.6. The molecule has 29 heavy (non-hydrogen) atoms. The maximum absolute atomic E-state index is 12.6. The molecule has 0 fully saturated rings. The summed E-state index contributed by atoms with van der Waals surface area (Å²) in [7, 11) is 0. The van der Waals surface area contributed by atoms with Crippen molar-refractivity contribution in [2.45, 2.75) is 71.9 Å². The molecule has 1 aromatic carbocycles. The lowest BCUT2D eigenvalue weighted by atomic mass is 10.0. The molecule has 0 heterocycles. The summed E-state index contributed by atoms with van der Waals surface area (Å²) in [6, 6.07) is 6.83. The zero-order valence-electron chi connectivity index (χ0n) is 17.9. The molecule has 8 heteroatoms. The Morgan fingerprint density at radius 2 is 1.59 bits per heavy atom. The number of aliphatic hydroxyl groups excluding tert-OH is 1. The van der Waals surface area contributed by atoms with E-state index in [4.69, 9.17) is 9.47 Å².